The van der Waals surface area contributed by atoms with Crippen molar-refractivity contribution in [3.63, 3.8) is 0 Å². The van der Waals surface area contributed by atoms with Crippen molar-refractivity contribution >= 4 is 29.4 Å². The Kier molecular flexibility index (Phi) is 7.44. The summed E-state index contributed by atoms with van der Waals surface area (Å²) in [4.78, 5) is 11.7. The Labute approximate surface area is 118 Å². The second-order valence-electron chi connectivity index (χ2n) is 4.97. The van der Waals surface area contributed by atoms with Gasteiger partial charge in [0.25, 0.3) is 0 Å². The van der Waals surface area contributed by atoms with Crippen LogP contribution in [-0.4, -0.2) is 59.3 Å². The van der Waals surface area contributed by atoms with Crippen LogP contribution in [0.5, 0.6) is 0 Å². The molecule has 0 bridgehead atoms. The molecule has 0 aromatic heterocycles. The largest absolute Gasteiger partial charge is 0.387 e. The molecule has 0 radical (unpaired) electrons. The van der Waals surface area contributed by atoms with Gasteiger partial charge in [-0.05, 0) is 39.1 Å². The Morgan fingerprint density at radius 3 is 2.78 bits per heavy atom. The first kappa shape index (κ1) is 16.1. The minimum atomic E-state index is -0.811. The van der Waals surface area contributed by atoms with E-state index in [-0.39, 0.29) is 5.91 Å². The number of nitrogens with one attached hydrogen (secondary N) is 2. The summed E-state index contributed by atoms with van der Waals surface area (Å²) in [6.07, 6.45) is 4.23. The lowest BCUT2D eigenvalue weighted by Crippen LogP contribution is -2.43. The first-order valence-corrected chi connectivity index (χ1v) is 8.78. The van der Waals surface area contributed by atoms with Gasteiger partial charge in [-0.1, -0.05) is 0 Å². The summed E-state index contributed by atoms with van der Waals surface area (Å²) in [5.74, 6) is 1.16. The van der Waals surface area contributed by atoms with E-state index in [1.54, 1.807) is 30.4 Å². The van der Waals surface area contributed by atoms with Crippen LogP contribution in [0.15, 0.2) is 0 Å². The quantitative estimate of drug-likeness (QED) is 0.645. The third-order valence-electron chi connectivity index (χ3n) is 2.86. The number of hydrogen-bond donors (Lipinski definition) is 3. The second kappa shape index (κ2) is 8.30. The molecule has 0 aliphatic carbocycles. The molecule has 1 atom stereocenters. The average Bonchev–Trinajstić information content (AvgIpc) is 2.35. The Morgan fingerprint density at radius 1 is 1.50 bits per heavy atom. The molecule has 1 aliphatic rings. The normalized spacial score (nSPS) is 20.4. The first-order chi connectivity index (χ1) is 8.53. The van der Waals surface area contributed by atoms with E-state index in [0.717, 1.165) is 25.9 Å². The summed E-state index contributed by atoms with van der Waals surface area (Å²) in [5.41, 5.74) is -0.811. The van der Waals surface area contributed by atoms with E-state index in [2.05, 4.69) is 10.6 Å². The Hall–Kier alpha value is 0.0900. The van der Waals surface area contributed by atoms with Crippen molar-refractivity contribution in [2.24, 2.45) is 0 Å². The van der Waals surface area contributed by atoms with Gasteiger partial charge in [-0.15, -0.1) is 11.8 Å². The van der Waals surface area contributed by atoms with Crippen LogP contribution in [0.1, 0.15) is 19.8 Å². The molecule has 1 saturated heterocycles. The highest BCUT2D eigenvalue weighted by Crippen LogP contribution is 2.19. The zero-order valence-electron chi connectivity index (χ0n) is 11.2. The van der Waals surface area contributed by atoms with Gasteiger partial charge in [-0.3, -0.25) is 4.79 Å². The first-order valence-electron chi connectivity index (χ1n) is 6.34. The lowest BCUT2D eigenvalue weighted by atomic mass is 10.1. The molecule has 1 unspecified atom stereocenters. The number of hydrogen-bond acceptors (Lipinski definition) is 5. The van der Waals surface area contributed by atoms with E-state index in [1.807, 2.05) is 6.26 Å². The molecule has 4 nitrogen and oxygen atoms in total. The van der Waals surface area contributed by atoms with Crippen LogP contribution in [0.3, 0.4) is 0 Å². The summed E-state index contributed by atoms with van der Waals surface area (Å²) in [5, 5.41) is 16.7. The number of thioether (sulfide) groups is 2. The maximum absolute atomic E-state index is 11.7. The summed E-state index contributed by atoms with van der Waals surface area (Å²) in [7, 11) is 0. The van der Waals surface area contributed by atoms with Crippen LogP contribution < -0.4 is 10.6 Å². The van der Waals surface area contributed by atoms with Crippen molar-refractivity contribution in [1.82, 2.24) is 10.6 Å². The van der Waals surface area contributed by atoms with Crippen molar-refractivity contribution in [3.05, 3.63) is 0 Å². The third kappa shape index (κ3) is 6.87. The molecule has 0 aromatic carbocycles. The van der Waals surface area contributed by atoms with Crippen molar-refractivity contribution in [2.75, 3.05) is 37.4 Å². The predicted molar refractivity (Wildman–Crippen MR) is 80.4 cm³/mol. The standard InChI is InChI=1S/C12H24N2O2S2/c1-12(16,9-17-2)8-14-11(15)7-18-10-3-5-13-6-4-10/h10,13,16H,3-9H2,1-2H3,(H,14,15). The minimum absolute atomic E-state index is 0.0277. The molecule has 0 aromatic rings. The van der Waals surface area contributed by atoms with Crippen LogP contribution in [0, 0.1) is 0 Å². The third-order valence-corrected chi connectivity index (χ3v) is 5.14. The summed E-state index contributed by atoms with van der Waals surface area (Å²) < 4.78 is 0. The van der Waals surface area contributed by atoms with Crippen molar-refractivity contribution < 1.29 is 9.90 Å². The van der Waals surface area contributed by atoms with E-state index in [1.165, 1.54) is 0 Å². The summed E-state index contributed by atoms with van der Waals surface area (Å²) in [6, 6.07) is 0. The number of carbonyl (C=O) groups is 1. The molecule has 1 aliphatic heterocycles. The zero-order valence-corrected chi connectivity index (χ0v) is 12.8. The molecule has 1 fully saturated rings. The Bertz CT molecular complexity index is 256. The Balaban J connectivity index is 2.13. The van der Waals surface area contributed by atoms with E-state index in [0.29, 0.717) is 23.3 Å². The minimum Gasteiger partial charge on any atom is -0.387 e. The van der Waals surface area contributed by atoms with Gasteiger partial charge in [0.2, 0.25) is 5.91 Å². The molecule has 1 rings (SSSR count). The van der Waals surface area contributed by atoms with Gasteiger partial charge in [0.05, 0.1) is 11.4 Å². The van der Waals surface area contributed by atoms with Crippen molar-refractivity contribution in [2.45, 2.75) is 30.6 Å². The fraction of sp³-hybridized carbons (Fsp3) is 0.917. The maximum Gasteiger partial charge on any atom is 0.230 e. The molecule has 0 spiro atoms. The van der Waals surface area contributed by atoms with Crippen LogP contribution in [0.2, 0.25) is 0 Å². The van der Waals surface area contributed by atoms with Gasteiger partial charge in [0.15, 0.2) is 0 Å². The second-order valence-corrected chi connectivity index (χ2v) is 7.12. The lowest BCUT2D eigenvalue weighted by molar-refractivity contribution is -0.119. The van der Waals surface area contributed by atoms with Crippen LogP contribution in [0.25, 0.3) is 0 Å². The van der Waals surface area contributed by atoms with Gasteiger partial charge < -0.3 is 15.7 Å². The number of piperidine rings is 1. The molecule has 6 heteroatoms. The van der Waals surface area contributed by atoms with Crippen LogP contribution >= 0.6 is 23.5 Å². The fourth-order valence-corrected chi connectivity index (χ4v) is 3.64. The van der Waals surface area contributed by atoms with E-state index in [4.69, 9.17) is 0 Å². The average molecular weight is 292 g/mol. The molecule has 18 heavy (non-hydrogen) atoms. The van der Waals surface area contributed by atoms with Crippen molar-refractivity contribution in [1.29, 1.82) is 0 Å². The smallest absolute Gasteiger partial charge is 0.230 e. The number of amides is 1. The van der Waals surface area contributed by atoms with Gasteiger partial charge in [-0.25, -0.2) is 0 Å². The highest BCUT2D eigenvalue weighted by atomic mass is 32.2. The zero-order chi connectivity index (χ0) is 13.4. The molecule has 0 saturated carbocycles. The van der Waals surface area contributed by atoms with Gasteiger partial charge in [0, 0.05) is 17.5 Å². The van der Waals surface area contributed by atoms with Gasteiger partial charge in [0.1, 0.15) is 0 Å². The van der Waals surface area contributed by atoms with E-state index in [9.17, 15) is 9.90 Å². The highest BCUT2D eigenvalue weighted by molar-refractivity contribution is 8.00. The highest BCUT2D eigenvalue weighted by Gasteiger charge is 2.21. The lowest BCUT2D eigenvalue weighted by Gasteiger charge is -2.24. The maximum atomic E-state index is 11.7. The topological polar surface area (TPSA) is 61.4 Å². The monoisotopic (exact) mass is 292 g/mol. The number of rotatable bonds is 7. The van der Waals surface area contributed by atoms with E-state index >= 15 is 0 Å². The summed E-state index contributed by atoms with van der Waals surface area (Å²) in [6.45, 7) is 4.20. The Morgan fingerprint density at radius 2 is 2.17 bits per heavy atom. The van der Waals surface area contributed by atoms with Crippen LogP contribution in [-0.2, 0) is 4.79 Å². The molecule has 1 amide bonds. The van der Waals surface area contributed by atoms with Gasteiger partial charge in [-0.2, -0.15) is 11.8 Å². The predicted octanol–water partition coefficient (Wildman–Crippen LogP) is 0.702. The van der Waals surface area contributed by atoms with Gasteiger partial charge >= 0.3 is 0 Å². The SMILES string of the molecule is CSCC(C)(O)CNC(=O)CSC1CCNCC1. The van der Waals surface area contributed by atoms with E-state index < -0.39 is 5.60 Å². The number of carbonyl (C=O) groups excluding carboxylic acids is 1. The van der Waals surface area contributed by atoms with Crippen LogP contribution in [0.4, 0.5) is 0 Å². The number of aliphatic hydroxyl groups is 1. The van der Waals surface area contributed by atoms with Crippen molar-refractivity contribution in [3.8, 4) is 0 Å². The molecule has 1 heterocycles. The molecule has 3 N–H and O–H groups in total. The fourth-order valence-electron chi connectivity index (χ4n) is 1.86. The summed E-state index contributed by atoms with van der Waals surface area (Å²) >= 11 is 3.31. The molecular formula is C12H24N2O2S2. The molecule has 106 valence electrons. The molecular weight excluding hydrogens is 268 g/mol.